The van der Waals surface area contributed by atoms with Crippen molar-refractivity contribution in [1.82, 2.24) is 9.97 Å². The minimum Gasteiger partial charge on any atom is -0.370 e. The van der Waals surface area contributed by atoms with E-state index in [-0.39, 0.29) is 12.0 Å². The van der Waals surface area contributed by atoms with Crippen LogP contribution in [0.3, 0.4) is 0 Å². The van der Waals surface area contributed by atoms with Gasteiger partial charge in [0.25, 0.3) is 0 Å². The summed E-state index contributed by atoms with van der Waals surface area (Å²) < 4.78 is 5.67. The lowest BCUT2D eigenvalue weighted by Crippen LogP contribution is -2.37. The summed E-state index contributed by atoms with van der Waals surface area (Å²) in [7, 11) is 0. The third kappa shape index (κ3) is 3.61. The van der Waals surface area contributed by atoms with Crippen molar-refractivity contribution in [3.05, 3.63) is 59.9 Å². The molecule has 1 aliphatic heterocycles. The average Bonchev–Trinajstić information content (AvgIpc) is 3.31. The van der Waals surface area contributed by atoms with Crippen LogP contribution in [0.1, 0.15) is 30.3 Å². The second-order valence-corrected chi connectivity index (χ2v) is 6.64. The number of carbonyl (C=O) groups excluding carboxylic acids is 1. The average molecular weight is 350 g/mol. The molecule has 2 unspecified atom stereocenters. The van der Waals surface area contributed by atoms with Crippen LogP contribution in [0.5, 0.6) is 0 Å². The number of aromatic nitrogens is 2. The monoisotopic (exact) mass is 350 g/mol. The number of fused-ring (bicyclic) bond motifs is 1. The molecule has 6 nitrogen and oxygen atoms in total. The number of nitrogens with two attached hydrogens (primary N) is 1. The number of nitrogens with zero attached hydrogens (tertiary/aromatic N) is 1. The summed E-state index contributed by atoms with van der Waals surface area (Å²) in [6.45, 7) is 0.780. The Morgan fingerprint density at radius 1 is 1.31 bits per heavy atom. The van der Waals surface area contributed by atoms with Gasteiger partial charge in [0.15, 0.2) is 0 Å². The van der Waals surface area contributed by atoms with Gasteiger partial charge < -0.3 is 20.8 Å². The highest BCUT2D eigenvalue weighted by Gasteiger charge is 2.21. The highest BCUT2D eigenvalue weighted by Crippen LogP contribution is 2.28. The number of H-pyrrole nitrogens is 1. The molecule has 1 amide bonds. The van der Waals surface area contributed by atoms with E-state index >= 15 is 0 Å². The van der Waals surface area contributed by atoms with Crippen LogP contribution in [0.15, 0.2) is 48.5 Å². The highest BCUT2D eigenvalue weighted by molar-refractivity contribution is 5.96. The lowest BCUT2D eigenvalue weighted by atomic mass is 10.1. The van der Waals surface area contributed by atoms with Crippen molar-refractivity contribution in [2.24, 2.45) is 5.73 Å². The fourth-order valence-corrected chi connectivity index (χ4v) is 3.25. The predicted molar refractivity (Wildman–Crippen MR) is 101 cm³/mol. The number of anilines is 1. The summed E-state index contributed by atoms with van der Waals surface area (Å²) in [5, 5.41) is 2.89. The molecule has 1 saturated heterocycles. The van der Waals surface area contributed by atoms with Crippen LogP contribution in [0.25, 0.3) is 11.0 Å². The number of aromatic amines is 1. The number of ether oxygens (including phenoxy) is 1. The van der Waals surface area contributed by atoms with E-state index in [4.69, 9.17) is 10.5 Å². The molecule has 2 atom stereocenters. The highest BCUT2D eigenvalue weighted by atomic mass is 16.5. The van der Waals surface area contributed by atoms with Gasteiger partial charge in [-0.15, -0.1) is 0 Å². The molecule has 4 rings (SSSR count). The molecule has 6 heteroatoms. The Labute approximate surface area is 151 Å². The summed E-state index contributed by atoms with van der Waals surface area (Å²) in [5.74, 6) is 0.647. The zero-order valence-electron chi connectivity index (χ0n) is 14.4. The van der Waals surface area contributed by atoms with Gasteiger partial charge in [-0.1, -0.05) is 30.3 Å². The van der Waals surface area contributed by atoms with Crippen LogP contribution in [-0.4, -0.2) is 28.5 Å². The second-order valence-electron chi connectivity index (χ2n) is 6.64. The molecule has 1 fully saturated rings. The molecule has 0 radical (unpaired) electrons. The van der Waals surface area contributed by atoms with Gasteiger partial charge in [-0.2, -0.15) is 0 Å². The van der Waals surface area contributed by atoms with Gasteiger partial charge in [0.1, 0.15) is 11.9 Å². The predicted octanol–water partition coefficient (Wildman–Crippen LogP) is 2.92. The number of benzene rings is 2. The number of amides is 1. The van der Waals surface area contributed by atoms with Crippen molar-refractivity contribution in [3.63, 3.8) is 0 Å². The normalized spacial score (nSPS) is 18.1. The first-order valence-corrected chi connectivity index (χ1v) is 8.91. The molecule has 3 aromatic rings. The van der Waals surface area contributed by atoms with Crippen LogP contribution in [0, 0.1) is 0 Å². The van der Waals surface area contributed by atoms with Crippen LogP contribution in [0.2, 0.25) is 0 Å². The summed E-state index contributed by atoms with van der Waals surface area (Å²) in [6.07, 6.45) is 2.59. The van der Waals surface area contributed by atoms with Crippen LogP contribution in [-0.2, 0) is 16.0 Å². The smallest absolute Gasteiger partial charge is 0.241 e. The number of nitrogens with one attached hydrogen (secondary N) is 2. The molecule has 0 bridgehead atoms. The van der Waals surface area contributed by atoms with Gasteiger partial charge in [0.2, 0.25) is 5.91 Å². The van der Waals surface area contributed by atoms with E-state index in [0.717, 1.165) is 41.9 Å². The number of rotatable bonds is 5. The second kappa shape index (κ2) is 7.27. The lowest BCUT2D eigenvalue weighted by Gasteiger charge is -2.12. The van der Waals surface area contributed by atoms with E-state index < -0.39 is 6.04 Å². The first-order chi connectivity index (χ1) is 12.7. The minimum atomic E-state index is -0.600. The van der Waals surface area contributed by atoms with Crippen LogP contribution < -0.4 is 11.1 Å². The van der Waals surface area contributed by atoms with Crippen molar-refractivity contribution in [2.45, 2.75) is 31.4 Å². The quantitative estimate of drug-likeness (QED) is 0.659. The Morgan fingerprint density at radius 2 is 2.15 bits per heavy atom. The molecule has 134 valence electrons. The van der Waals surface area contributed by atoms with E-state index in [1.54, 1.807) is 0 Å². The Kier molecular flexibility index (Phi) is 4.69. The maximum atomic E-state index is 12.4. The topological polar surface area (TPSA) is 93.0 Å². The maximum Gasteiger partial charge on any atom is 0.241 e. The largest absolute Gasteiger partial charge is 0.370 e. The van der Waals surface area contributed by atoms with E-state index in [1.807, 2.05) is 48.5 Å². The summed E-state index contributed by atoms with van der Waals surface area (Å²) in [4.78, 5) is 20.3. The van der Waals surface area contributed by atoms with E-state index in [1.165, 1.54) is 0 Å². The van der Waals surface area contributed by atoms with Gasteiger partial charge in [-0.3, -0.25) is 4.79 Å². The Hall–Kier alpha value is -2.70. The number of imidazole rings is 1. The van der Waals surface area contributed by atoms with E-state index in [0.29, 0.717) is 12.1 Å². The Balaban J connectivity index is 1.45. The van der Waals surface area contributed by atoms with Gasteiger partial charge in [0, 0.05) is 12.3 Å². The molecular weight excluding hydrogens is 328 g/mol. The first-order valence-electron chi connectivity index (χ1n) is 8.91. The van der Waals surface area contributed by atoms with Crippen LogP contribution in [0.4, 0.5) is 5.69 Å². The molecule has 0 saturated carbocycles. The van der Waals surface area contributed by atoms with Gasteiger partial charge in [0.05, 0.1) is 17.1 Å². The summed E-state index contributed by atoms with van der Waals surface area (Å²) >= 11 is 0. The summed E-state index contributed by atoms with van der Waals surface area (Å²) in [6, 6.07) is 14.8. The minimum absolute atomic E-state index is 0.0414. The lowest BCUT2D eigenvalue weighted by molar-refractivity contribution is -0.117. The SMILES string of the molecule is NC(Cc1ccccc1)C(=O)Nc1ccc2nc(C3CCCO3)[nH]c2c1. The third-order valence-electron chi connectivity index (χ3n) is 4.64. The molecule has 1 aliphatic rings. The third-order valence-corrected chi connectivity index (χ3v) is 4.64. The molecule has 0 spiro atoms. The molecule has 2 aromatic carbocycles. The number of hydrogen-bond acceptors (Lipinski definition) is 4. The number of hydrogen-bond donors (Lipinski definition) is 3. The first kappa shape index (κ1) is 16.8. The summed E-state index contributed by atoms with van der Waals surface area (Å²) in [5.41, 5.74) is 9.53. The molecule has 1 aromatic heterocycles. The fraction of sp³-hybridized carbons (Fsp3) is 0.300. The molecule has 4 N–H and O–H groups in total. The van der Waals surface area contributed by atoms with Crippen molar-refractivity contribution in [2.75, 3.05) is 11.9 Å². The van der Waals surface area contributed by atoms with E-state index in [2.05, 4.69) is 15.3 Å². The van der Waals surface area contributed by atoms with Crippen molar-refractivity contribution < 1.29 is 9.53 Å². The molecule has 0 aliphatic carbocycles. The molecule has 26 heavy (non-hydrogen) atoms. The molecule has 2 heterocycles. The Morgan fingerprint density at radius 3 is 2.92 bits per heavy atom. The van der Waals surface area contributed by atoms with E-state index in [9.17, 15) is 4.79 Å². The van der Waals surface area contributed by atoms with Crippen molar-refractivity contribution >= 4 is 22.6 Å². The van der Waals surface area contributed by atoms with Gasteiger partial charge >= 0.3 is 0 Å². The molecular formula is C20H22N4O2. The van der Waals surface area contributed by atoms with Crippen molar-refractivity contribution in [3.8, 4) is 0 Å². The zero-order chi connectivity index (χ0) is 17.9. The maximum absolute atomic E-state index is 12.4. The van der Waals surface area contributed by atoms with Gasteiger partial charge in [-0.05, 0) is 43.0 Å². The van der Waals surface area contributed by atoms with Gasteiger partial charge in [-0.25, -0.2) is 4.98 Å². The Bertz CT molecular complexity index is 901. The fourth-order valence-electron chi connectivity index (χ4n) is 3.25. The number of carbonyl (C=O) groups is 1. The standard InChI is InChI=1S/C20H22N4O2/c21-15(11-13-5-2-1-3-6-13)20(25)22-14-8-9-16-17(12-14)24-19(23-16)18-7-4-10-26-18/h1-3,5-6,8-9,12,15,18H,4,7,10-11,21H2,(H,22,25)(H,23,24). The van der Waals surface area contributed by atoms with Crippen molar-refractivity contribution in [1.29, 1.82) is 0 Å². The van der Waals surface area contributed by atoms with Crippen LogP contribution >= 0.6 is 0 Å². The zero-order valence-corrected chi connectivity index (χ0v) is 14.4.